The molecule has 0 aliphatic heterocycles. The first-order valence-corrected chi connectivity index (χ1v) is 7.29. The van der Waals surface area contributed by atoms with Crippen LogP contribution in [0.2, 0.25) is 0 Å². The van der Waals surface area contributed by atoms with E-state index < -0.39 is 10.0 Å². The van der Waals surface area contributed by atoms with E-state index in [0.29, 0.717) is 12.5 Å². The SMILES string of the molecule is COCC(C)CNCc1ccc(S(N)(=O)=O)cc1. The van der Waals surface area contributed by atoms with Gasteiger partial charge in [0.2, 0.25) is 10.0 Å². The van der Waals surface area contributed by atoms with E-state index >= 15 is 0 Å². The lowest BCUT2D eigenvalue weighted by atomic mass is 10.2. The van der Waals surface area contributed by atoms with Crippen LogP contribution in [0, 0.1) is 5.92 Å². The standard InChI is InChI=1S/C12H20N2O3S/c1-10(9-17-2)7-14-8-11-3-5-12(6-4-11)18(13,15)16/h3-6,10,14H,7-9H2,1-2H3,(H2,13,15,16). The zero-order chi connectivity index (χ0) is 13.6. The fraction of sp³-hybridized carbons (Fsp3) is 0.500. The molecule has 5 nitrogen and oxygen atoms in total. The molecule has 0 radical (unpaired) electrons. The zero-order valence-corrected chi connectivity index (χ0v) is 11.5. The summed E-state index contributed by atoms with van der Waals surface area (Å²) >= 11 is 0. The van der Waals surface area contributed by atoms with Crippen molar-refractivity contribution in [2.45, 2.75) is 18.4 Å². The number of rotatable bonds is 7. The number of hydrogen-bond donors (Lipinski definition) is 2. The Balaban J connectivity index is 2.45. The van der Waals surface area contributed by atoms with Crippen molar-refractivity contribution < 1.29 is 13.2 Å². The minimum Gasteiger partial charge on any atom is -0.384 e. The number of ether oxygens (including phenoxy) is 1. The maximum atomic E-state index is 11.1. The Bertz CT molecular complexity index is 457. The molecule has 6 heteroatoms. The Labute approximate surface area is 108 Å². The molecule has 0 amide bonds. The molecular formula is C12H20N2O3S. The van der Waals surface area contributed by atoms with Gasteiger partial charge in [-0.3, -0.25) is 0 Å². The lowest BCUT2D eigenvalue weighted by Crippen LogP contribution is -2.23. The first-order valence-electron chi connectivity index (χ1n) is 5.75. The summed E-state index contributed by atoms with van der Waals surface area (Å²) in [5.74, 6) is 0.443. The van der Waals surface area contributed by atoms with E-state index in [1.807, 2.05) is 0 Å². The average molecular weight is 272 g/mol. The molecule has 0 fully saturated rings. The number of nitrogens with one attached hydrogen (secondary N) is 1. The third kappa shape index (κ3) is 5.14. The number of hydrogen-bond acceptors (Lipinski definition) is 4. The lowest BCUT2D eigenvalue weighted by Gasteiger charge is -2.11. The third-order valence-corrected chi connectivity index (χ3v) is 3.45. The van der Waals surface area contributed by atoms with Crippen LogP contribution in [0.5, 0.6) is 0 Å². The zero-order valence-electron chi connectivity index (χ0n) is 10.7. The monoisotopic (exact) mass is 272 g/mol. The van der Waals surface area contributed by atoms with Crippen molar-refractivity contribution in [3.05, 3.63) is 29.8 Å². The average Bonchev–Trinajstić information content (AvgIpc) is 2.29. The van der Waals surface area contributed by atoms with Gasteiger partial charge in [0.25, 0.3) is 0 Å². The van der Waals surface area contributed by atoms with E-state index in [9.17, 15) is 8.42 Å². The smallest absolute Gasteiger partial charge is 0.238 e. The van der Waals surface area contributed by atoms with Gasteiger partial charge in [0.15, 0.2) is 0 Å². The van der Waals surface area contributed by atoms with Crippen molar-refractivity contribution in [1.29, 1.82) is 0 Å². The summed E-state index contributed by atoms with van der Waals surface area (Å²) in [6, 6.07) is 6.55. The predicted octanol–water partition coefficient (Wildman–Crippen LogP) is 0.706. The molecule has 0 aliphatic carbocycles. The summed E-state index contributed by atoms with van der Waals surface area (Å²) in [5.41, 5.74) is 1.02. The van der Waals surface area contributed by atoms with Crippen LogP contribution in [-0.4, -0.2) is 28.7 Å². The second kappa shape index (κ2) is 6.84. The molecular weight excluding hydrogens is 252 g/mol. The molecule has 0 saturated carbocycles. The number of benzene rings is 1. The van der Waals surface area contributed by atoms with Crippen molar-refractivity contribution in [1.82, 2.24) is 5.32 Å². The Hall–Kier alpha value is -0.950. The minimum absolute atomic E-state index is 0.138. The highest BCUT2D eigenvalue weighted by atomic mass is 32.2. The van der Waals surface area contributed by atoms with E-state index in [1.54, 1.807) is 19.2 Å². The molecule has 0 aliphatic rings. The predicted molar refractivity (Wildman–Crippen MR) is 70.6 cm³/mol. The van der Waals surface area contributed by atoms with Crippen molar-refractivity contribution in [3.8, 4) is 0 Å². The fourth-order valence-electron chi connectivity index (χ4n) is 1.60. The molecule has 1 atom stereocenters. The first-order chi connectivity index (χ1) is 8.43. The maximum absolute atomic E-state index is 11.1. The summed E-state index contributed by atoms with van der Waals surface area (Å²) in [5, 5.41) is 8.31. The first kappa shape index (κ1) is 15.1. The second-order valence-electron chi connectivity index (χ2n) is 4.38. The molecule has 1 unspecified atom stereocenters. The second-order valence-corrected chi connectivity index (χ2v) is 5.94. The van der Waals surface area contributed by atoms with E-state index in [4.69, 9.17) is 9.88 Å². The van der Waals surface area contributed by atoms with Crippen LogP contribution in [0.4, 0.5) is 0 Å². The number of nitrogens with two attached hydrogens (primary N) is 1. The van der Waals surface area contributed by atoms with E-state index in [-0.39, 0.29) is 4.90 Å². The van der Waals surface area contributed by atoms with Crippen LogP contribution in [0.25, 0.3) is 0 Å². The summed E-state index contributed by atoms with van der Waals surface area (Å²) in [6.45, 7) is 4.36. The number of primary sulfonamides is 1. The minimum atomic E-state index is -3.60. The molecule has 18 heavy (non-hydrogen) atoms. The van der Waals surface area contributed by atoms with Crippen molar-refractivity contribution >= 4 is 10.0 Å². The molecule has 3 N–H and O–H groups in total. The van der Waals surface area contributed by atoms with Gasteiger partial charge in [0.1, 0.15) is 0 Å². The van der Waals surface area contributed by atoms with Gasteiger partial charge in [-0.15, -0.1) is 0 Å². The molecule has 0 heterocycles. The van der Waals surface area contributed by atoms with Crippen LogP contribution in [0.3, 0.4) is 0 Å². The number of methoxy groups -OCH3 is 1. The van der Waals surface area contributed by atoms with Gasteiger partial charge < -0.3 is 10.1 Å². The van der Waals surface area contributed by atoms with Gasteiger partial charge in [0.05, 0.1) is 4.90 Å². The maximum Gasteiger partial charge on any atom is 0.238 e. The van der Waals surface area contributed by atoms with Gasteiger partial charge in [0, 0.05) is 26.8 Å². The topological polar surface area (TPSA) is 81.4 Å². The van der Waals surface area contributed by atoms with E-state index in [0.717, 1.165) is 18.7 Å². The highest BCUT2D eigenvalue weighted by molar-refractivity contribution is 7.89. The third-order valence-electron chi connectivity index (χ3n) is 2.52. The lowest BCUT2D eigenvalue weighted by molar-refractivity contribution is 0.158. The van der Waals surface area contributed by atoms with Gasteiger partial charge >= 0.3 is 0 Å². The Kier molecular flexibility index (Phi) is 5.74. The normalized spacial score (nSPS) is 13.5. The quantitative estimate of drug-likeness (QED) is 0.766. The van der Waals surface area contributed by atoms with Gasteiger partial charge in [-0.2, -0.15) is 0 Å². The summed E-state index contributed by atoms with van der Waals surface area (Å²) in [6.07, 6.45) is 0. The Morgan fingerprint density at radius 2 is 1.94 bits per heavy atom. The molecule has 1 aromatic rings. The van der Waals surface area contributed by atoms with Crippen LogP contribution >= 0.6 is 0 Å². The summed E-state index contributed by atoms with van der Waals surface area (Å²) in [4.78, 5) is 0.138. The summed E-state index contributed by atoms with van der Waals surface area (Å²) < 4.78 is 27.2. The van der Waals surface area contributed by atoms with Gasteiger partial charge in [-0.05, 0) is 23.6 Å². The molecule has 1 rings (SSSR count). The van der Waals surface area contributed by atoms with Crippen LogP contribution in [-0.2, 0) is 21.3 Å². The largest absolute Gasteiger partial charge is 0.384 e. The van der Waals surface area contributed by atoms with Crippen molar-refractivity contribution in [2.75, 3.05) is 20.3 Å². The van der Waals surface area contributed by atoms with Crippen LogP contribution < -0.4 is 10.5 Å². The molecule has 0 spiro atoms. The molecule has 1 aromatic carbocycles. The number of sulfonamides is 1. The highest BCUT2D eigenvalue weighted by Crippen LogP contribution is 2.08. The molecule has 0 bridgehead atoms. The van der Waals surface area contributed by atoms with Gasteiger partial charge in [-0.1, -0.05) is 19.1 Å². The van der Waals surface area contributed by atoms with Crippen LogP contribution in [0.1, 0.15) is 12.5 Å². The Morgan fingerprint density at radius 1 is 1.33 bits per heavy atom. The van der Waals surface area contributed by atoms with E-state index in [2.05, 4.69) is 12.2 Å². The highest BCUT2D eigenvalue weighted by Gasteiger charge is 2.06. The van der Waals surface area contributed by atoms with E-state index in [1.165, 1.54) is 12.1 Å². The molecule has 0 aromatic heterocycles. The van der Waals surface area contributed by atoms with Crippen molar-refractivity contribution in [3.63, 3.8) is 0 Å². The Morgan fingerprint density at radius 3 is 2.44 bits per heavy atom. The van der Waals surface area contributed by atoms with Crippen molar-refractivity contribution in [2.24, 2.45) is 11.1 Å². The molecule has 102 valence electrons. The molecule has 0 saturated heterocycles. The van der Waals surface area contributed by atoms with Crippen LogP contribution in [0.15, 0.2) is 29.2 Å². The summed E-state index contributed by atoms with van der Waals surface area (Å²) in [7, 11) is -1.91. The van der Waals surface area contributed by atoms with Gasteiger partial charge in [-0.25, -0.2) is 13.6 Å². The fourth-order valence-corrected chi connectivity index (χ4v) is 2.12.